The maximum atomic E-state index is 12.4. The van der Waals surface area contributed by atoms with Gasteiger partial charge in [-0.3, -0.25) is 9.59 Å². The number of carbonyl (C=O) groups is 2. The van der Waals surface area contributed by atoms with Crippen LogP contribution in [0.25, 0.3) is 5.69 Å². The number of rotatable bonds is 7. The van der Waals surface area contributed by atoms with Gasteiger partial charge in [-0.2, -0.15) is 16.9 Å². The van der Waals surface area contributed by atoms with Gasteiger partial charge in [0.05, 0.1) is 18.5 Å². The monoisotopic (exact) mass is 403 g/mol. The Bertz CT molecular complexity index is 848. The van der Waals surface area contributed by atoms with Crippen molar-refractivity contribution in [2.75, 3.05) is 39.6 Å². The van der Waals surface area contributed by atoms with Crippen LogP contribution in [0.2, 0.25) is 0 Å². The number of fused-ring (bicyclic) bond motifs is 1. The van der Waals surface area contributed by atoms with Crippen molar-refractivity contribution in [1.29, 1.82) is 0 Å². The van der Waals surface area contributed by atoms with Gasteiger partial charge in [-0.15, -0.1) is 0 Å². The molecule has 0 radical (unpaired) electrons. The number of ether oxygens (including phenoxy) is 1. The second-order valence-electron chi connectivity index (χ2n) is 6.74. The minimum absolute atomic E-state index is 0.454. The molecule has 2 amide bonds. The molecule has 150 valence electrons. The van der Waals surface area contributed by atoms with Crippen LogP contribution >= 0.6 is 11.8 Å². The lowest BCUT2D eigenvalue weighted by atomic mass is 10.2. The maximum Gasteiger partial charge on any atom is 0.314 e. The van der Waals surface area contributed by atoms with Gasteiger partial charge in [0.25, 0.3) is 0 Å². The quantitative estimate of drug-likeness (QED) is 0.540. The minimum Gasteiger partial charge on any atom is -0.497 e. The minimum atomic E-state index is -0.681. The third-order valence-electron chi connectivity index (χ3n) is 4.37. The second-order valence-corrected chi connectivity index (χ2v) is 7.73. The molecule has 0 spiro atoms. The van der Waals surface area contributed by atoms with E-state index < -0.39 is 11.8 Å². The summed E-state index contributed by atoms with van der Waals surface area (Å²) in [5.74, 6) is 1.52. The molecule has 1 aromatic carbocycles. The van der Waals surface area contributed by atoms with Gasteiger partial charge < -0.3 is 20.3 Å². The van der Waals surface area contributed by atoms with Crippen LogP contribution < -0.4 is 15.4 Å². The Hall–Kier alpha value is -2.52. The SMILES string of the molecule is COc1ccc(-n2nc3c(c2NC(=O)C(=O)NCCCN(C)C)CSC3)cc1. The van der Waals surface area contributed by atoms with E-state index in [1.807, 2.05) is 43.3 Å². The zero-order valence-corrected chi connectivity index (χ0v) is 17.1. The summed E-state index contributed by atoms with van der Waals surface area (Å²) >= 11 is 1.74. The molecule has 8 nitrogen and oxygen atoms in total. The van der Waals surface area contributed by atoms with Crippen LogP contribution in [-0.4, -0.2) is 60.8 Å². The van der Waals surface area contributed by atoms with Crippen LogP contribution in [0.5, 0.6) is 5.75 Å². The first-order valence-electron chi connectivity index (χ1n) is 9.06. The summed E-state index contributed by atoms with van der Waals surface area (Å²) in [4.78, 5) is 26.6. The van der Waals surface area contributed by atoms with E-state index in [0.29, 0.717) is 12.4 Å². The summed E-state index contributed by atoms with van der Waals surface area (Å²) in [6.07, 6.45) is 0.780. The number of carbonyl (C=O) groups excluding carboxylic acids is 2. The molecule has 0 saturated carbocycles. The molecule has 28 heavy (non-hydrogen) atoms. The lowest BCUT2D eigenvalue weighted by Gasteiger charge is -2.12. The second kappa shape index (κ2) is 9.11. The van der Waals surface area contributed by atoms with E-state index in [2.05, 4.69) is 15.7 Å². The Labute approximate surface area is 168 Å². The van der Waals surface area contributed by atoms with E-state index in [1.165, 1.54) is 0 Å². The Morgan fingerprint density at radius 1 is 1.21 bits per heavy atom. The van der Waals surface area contributed by atoms with E-state index in [1.54, 1.807) is 23.6 Å². The van der Waals surface area contributed by atoms with Gasteiger partial charge in [-0.05, 0) is 51.3 Å². The van der Waals surface area contributed by atoms with Gasteiger partial charge in [0.2, 0.25) is 0 Å². The van der Waals surface area contributed by atoms with Gasteiger partial charge in [-0.1, -0.05) is 0 Å². The summed E-state index contributed by atoms with van der Waals surface area (Å²) in [5, 5.41) is 10.1. The van der Waals surface area contributed by atoms with Crippen molar-refractivity contribution >= 4 is 29.4 Å². The predicted molar refractivity (Wildman–Crippen MR) is 110 cm³/mol. The summed E-state index contributed by atoms with van der Waals surface area (Å²) < 4.78 is 6.88. The first-order valence-corrected chi connectivity index (χ1v) is 10.2. The van der Waals surface area contributed by atoms with Crippen LogP contribution in [0.15, 0.2) is 24.3 Å². The molecule has 2 heterocycles. The van der Waals surface area contributed by atoms with Gasteiger partial charge >= 0.3 is 11.8 Å². The molecule has 3 rings (SSSR count). The average molecular weight is 404 g/mol. The molecule has 0 saturated heterocycles. The van der Waals surface area contributed by atoms with Crippen LogP contribution in [0, 0.1) is 0 Å². The smallest absolute Gasteiger partial charge is 0.314 e. The summed E-state index contributed by atoms with van der Waals surface area (Å²) in [7, 11) is 5.54. The number of hydrogen-bond acceptors (Lipinski definition) is 6. The highest BCUT2D eigenvalue weighted by atomic mass is 32.2. The molecule has 1 aliphatic rings. The fourth-order valence-electron chi connectivity index (χ4n) is 2.89. The van der Waals surface area contributed by atoms with Crippen LogP contribution in [-0.2, 0) is 21.1 Å². The summed E-state index contributed by atoms with van der Waals surface area (Å²) in [6, 6.07) is 7.40. The van der Waals surface area contributed by atoms with Crippen LogP contribution in [0.1, 0.15) is 17.7 Å². The van der Waals surface area contributed by atoms with Crippen LogP contribution in [0.4, 0.5) is 5.82 Å². The van der Waals surface area contributed by atoms with Gasteiger partial charge in [-0.25, -0.2) is 4.68 Å². The van der Waals surface area contributed by atoms with E-state index >= 15 is 0 Å². The summed E-state index contributed by atoms with van der Waals surface area (Å²) in [5.41, 5.74) is 2.69. The molecule has 2 aromatic rings. The number of aromatic nitrogens is 2. The van der Waals surface area contributed by atoms with E-state index in [9.17, 15) is 9.59 Å². The molecular weight excluding hydrogens is 378 g/mol. The van der Waals surface area contributed by atoms with Crippen LogP contribution in [0.3, 0.4) is 0 Å². The van der Waals surface area contributed by atoms with Crippen molar-refractivity contribution in [2.24, 2.45) is 0 Å². The maximum absolute atomic E-state index is 12.4. The fraction of sp³-hybridized carbons (Fsp3) is 0.421. The molecule has 0 fully saturated rings. The van der Waals surface area contributed by atoms with Gasteiger partial charge in [0.1, 0.15) is 11.6 Å². The number of methoxy groups -OCH3 is 1. The predicted octanol–water partition coefficient (Wildman–Crippen LogP) is 1.63. The fourth-order valence-corrected chi connectivity index (χ4v) is 3.93. The highest BCUT2D eigenvalue weighted by molar-refractivity contribution is 7.98. The molecule has 0 atom stereocenters. The molecule has 0 unspecified atom stereocenters. The molecule has 0 aliphatic carbocycles. The first-order chi connectivity index (χ1) is 13.5. The van der Waals surface area contributed by atoms with Gasteiger partial charge in [0.15, 0.2) is 0 Å². The number of hydrogen-bond donors (Lipinski definition) is 2. The third kappa shape index (κ3) is 4.66. The molecule has 2 N–H and O–H groups in total. The zero-order chi connectivity index (χ0) is 20.1. The Balaban J connectivity index is 1.73. The van der Waals surface area contributed by atoms with E-state index in [-0.39, 0.29) is 0 Å². The van der Waals surface area contributed by atoms with Crippen molar-refractivity contribution in [3.8, 4) is 11.4 Å². The molecule has 0 bridgehead atoms. The van der Waals surface area contributed by atoms with Gasteiger partial charge in [0, 0.05) is 23.6 Å². The molecule has 1 aromatic heterocycles. The largest absolute Gasteiger partial charge is 0.497 e. The highest BCUT2D eigenvalue weighted by Crippen LogP contribution is 2.36. The number of amides is 2. The molecule has 1 aliphatic heterocycles. The Morgan fingerprint density at radius 3 is 2.64 bits per heavy atom. The standard InChI is InChI=1S/C19H25N5O3S/c1-23(2)10-4-9-20-18(25)19(26)21-17-15-11-28-12-16(15)22-24(17)13-5-7-14(27-3)8-6-13/h5-8H,4,9-12H2,1-3H3,(H,20,25)(H,21,26). The molecule has 9 heteroatoms. The number of nitrogens with zero attached hydrogens (tertiary/aromatic N) is 3. The number of anilines is 1. The number of thioether (sulfide) groups is 1. The molecular formula is C19H25N5O3S. The van der Waals surface area contributed by atoms with E-state index in [4.69, 9.17) is 4.74 Å². The van der Waals surface area contributed by atoms with Crippen molar-refractivity contribution in [3.05, 3.63) is 35.5 Å². The van der Waals surface area contributed by atoms with E-state index in [0.717, 1.165) is 47.2 Å². The Morgan fingerprint density at radius 2 is 1.96 bits per heavy atom. The normalized spacial score (nSPS) is 12.7. The van der Waals surface area contributed by atoms with Crippen molar-refractivity contribution in [3.63, 3.8) is 0 Å². The zero-order valence-electron chi connectivity index (χ0n) is 16.3. The number of nitrogens with one attached hydrogen (secondary N) is 2. The lowest BCUT2D eigenvalue weighted by Crippen LogP contribution is -2.37. The highest BCUT2D eigenvalue weighted by Gasteiger charge is 2.26. The topological polar surface area (TPSA) is 88.5 Å². The third-order valence-corrected chi connectivity index (χ3v) is 5.35. The Kier molecular flexibility index (Phi) is 6.58. The summed E-state index contributed by atoms with van der Waals surface area (Å²) in [6.45, 7) is 1.30. The first kappa shape index (κ1) is 20.2. The number of benzene rings is 1. The average Bonchev–Trinajstić information content (AvgIpc) is 3.27. The van der Waals surface area contributed by atoms with Crippen molar-refractivity contribution in [1.82, 2.24) is 20.0 Å². The van der Waals surface area contributed by atoms with Crippen molar-refractivity contribution < 1.29 is 14.3 Å². The van der Waals surface area contributed by atoms with Crippen molar-refractivity contribution in [2.45, 2.75) is 17.9 Å². The lowest BCUT2D eigenvalue weighted by molar-refractivity contribution is -0.136.